The summed E-state index contributed by atoms with van der Waals surface area (Å²) < 4.78 is 0. The number of para-hydroxylation sites is 2. The average molecular weight is 682 g/mol. The van der Waals surface area contributed by atoms with E-state index >= 15 is 0 Å². The number of allylic oxidation sites excluding steroid dienone is 6. The number of anilines is 3. The number of benzene rings is 4. The highest BCUT2D eigenvalue weighted by atomic mass is 15.1. The van der Waals surface area contributed by atoms with Crippen LogP contribution in [0.5, 0.6) is 0 Å². The average Bonchev–Trinajstić information content (AvgIpc) is 3.18. The molecule has 1 atom stereocenters. The molecule has 4 aromatic rings. The Morgan fingerprint density at radius 2 is 1.41 bits per heavy atom. The minimum absolute atomic E-state index is 0.276. The van der Waals surface area contributed by atoms with Gasteiger partial charge in [-0.15, -0.1) is 0 Å². The first kappa shape index (κ1) is 43.2. The summed E-state index contributed by atoms with van der Waals surface area (Å²) in [5, 5.41) is 10.1. The van der Waals surface area contributed by atoms with Crippen LogP contribution < -0.4 is 26.6 Å². The second-order valence-corrected chi connectivity index (χ2v) is 11.0. The van der Waals surface area contributed by atoms with Gasteiger partial charge in [0.25, 0.3) is 0 Å². The van der Waals surface area contributed by atoms with Crippen molar-refractivity contribution < 1.29 is 0 Å². The molecule has 0 saturated carbocycles. The first-order valence-corrected chi connectivity index (χ1v) is 17.3. The predicted octanol–water partition coefficient (Wildman–Crippen LogP) is 11.5. The van der Waals surface area contributed by atoms with E-state index in [-0.39, 0.29) is 6.04 Å². The fourth-order valence-corrected chi connectivity index (χ4v) is 4.65. The molecule has 0 aromatic heterocycles. The zero-order valence-corrected chi connectivity index (χ0v) is 31.6. The summed E-state index contributed by atoms with van der Waals surface area (Å²) in [7, 11) is 1.50. The van der Waals surface area contributed by atoms with Gasteiger partial charge in [0, 0.05) is 36.0 Å². The lowest BCUT2D eigenvalue weighted by Crippen LogP contribution is -2.33. The Hall–Kier alpha value is -5.78. The van der Waals surface area contributed by atoms with Crippen molar-refractivity contribution in [3.05, 3.63) is 206 Å². The van der Waals surface area contributed by atoms with Gasteiger partial charge in [-0.3, -0.25) is 0 Å². The van der Waals surface area contributed by atoms with Crippen LogP contribution in [0.15, 0.2) is 184 Å². The normalized spacial score (nSPS) is 12.5. The molecule has 0 aliphatic carbocycles. The van der Waals surface area contributed by atoms with Gasteiger partial charge < -0.3 is 26.6 Å². The van der Waals surface area contributed by atoms with Gasteiger partial charge in [0.05, 0.1) is 11.7 Å². The number of aryl methyl sites for hydroxylation is 2. The molecule has 4 aromatic carbocycles. The number of nitrogens with two attached hydrogens (primary N) is 1. The number of hydrogen-bond acceptors (Lipinski definition) is 5. The number of rotatable bonds is 10. The minimum Gasteiger partial charge on any atom is -0.381 e. The van der Waals surface area contributed by atoms with Crippen molar-refractivity contribution in [3.8, 4) is 0 Å². The molecule has 1 unspecified atom stereocenters. The molecule has 1 aliphatic rings. The molecule has 5 N–H and O–H groups in total. The maximum Gasteiger partial charge on any atom is 0.0681 e. The molecule has 0 fully saturated rings. The standard InChI is InChI=1S/C31H33N3.C8H9N.C4H6.C2H6.CH5N/c1-23(2)9-7-8-20-34(31-11-6-5-10-25(31)4)28-18-16-27(17-19-28)30-22-32-29(21-33-30)26-14-12-24(3)13-15-26;1-2-9-8-6-4-3-5-7-8;1-3-4-2;2*1-2/h5-20,22,29,32-33H,1,21H2,2-4H3;2-7,9H,1H2;3-4H,1-2H2;1-2H3;2H2,1H3/b9-7-,20-8-;;;;. The number of nitrogens with zero attached hydrogens (tertiary/aromatic N) is 1. The van der Waals surface area contributed by atoms with Crippen LogP contribution in [0.25, 0.3) is 5.70 Å². The van der Waals surface area contributed by atoms with Crippen LogP contribution in [0, 0.1) is 13.8 Å². The number of nitrogens with one attached hydrogen (secondary N) is 3. The van der Waals surface area contributed by atoms with Crippen LogP contribution in [0.2, 0.25) is 0 Å². The Morgan fingerprint density at radius 1 is 0.804 bits per heavy atom. The zero-order valence-electron chi connectivity index (χ0n) is 31.6. The Kier molecular flexibility index (Phi) is 22.2. The smallest absolute Gasteiger partial charge is 0.0681 e. The molecule has 0 bridgehead atoms. The lowest BCUT2D eigenvalue weighted by molar-refractivity contribution is 0.573. The maximum atomic E-state index is 4.50. The Morgan fingerprint density at radius 3 is 1.94 bits per heavy atom. The van der Waals surface area contributed by atoms with E-state index in [0.29, 0.717) is 0 Å². The Bertz CT molecular complexity index is 1660. The topological polar surface area (TPSA) is 65.3 Å². The van der Waals surface area contributed by atoms with Gasteiger partial charge in [0.15, 0.2) is 0 Å². The molecule has 268 valence electrons. The highest BCUT2D eigenvalue weighted by Crippen LogP contribution is 2.30. The third kappa shape index (κ3) is 16.0. The summed E-state index contributed by atoms with van der Waals surface area (Å²) in [6.07, 6.45) is 15.2. The third-order valence-electron chi connectivity index (χ3n) is 7.17. The van der Waals surface area contributed by atoms with Crippen LogP contribution in [-0.4, -0.2) is 13.6 Å². The molecule has 5 heteroatoms. The summed E-state index contributed by atoms with van der Waals surface area (Å²) in [4.78, 5) is 2.22. The van der Waals surface area contributed by atoms with Crippen molar-refractivity contribution in [3.63, 3.8) is 0 Å². The molecule has 0 spiro atoms. The van der Waals surface area contributed by atoms with E-state index in [9.17, 15) is 0 Å². The number of hydrogen-bond donors (Lipinski definition) is 4. The highest BCUT2D eigenvalue weighted by molar-refractivity contribution is 5.72. The van der Waals surface area contributed by atoms with Gasteiger partial charge >= 0.3 is 0 Å². The maximum absolute atomic E-state index is 4.50. The Balaban J connectivity index is 0.000000636. The van der Waals surface area contributed by atoms with Crippen molar-refractivity contribution >= 4 is 22.8 Å². The van der Waals surface area contributed by atoms with E-state index in [4.69, 9.17) is 0 Å². The molecule has 1 aliphatic heterocycles. The quantitative estimate of drug-likeness (QED) is 0.125. The molecule has 0 radical (unpaired) electrons. The fraction of sp³-hybridized carbons (Fsp3) is 0.174. The lowest BCUT2D eigenvalue weighted by atomic mass is 10.0. The summed E-state index contributed by atoms with van der Waals surface area (Å²) in [5.41, 5.74) is 15.0. The van der Waals surface area contributed by atoms with E-state index in [1.165, 1.54) is 23.7 Å². The van der Waals surface area contributed by atoms with Gasteiger partial charge in [0.2, 0.25) is 0 Å². The van der Waals surface area contributed by atoms with E-state index in [0.717, 1.165) is 40.4 Å². The van der Waals surface area contributed by atoms with Crippen molar-refractivity contribution in [2.75, 3.05) is 23.8 Å². The van der Waals surface area contributed by atoms with Crippen LogP contribution in [-0.2, 0) is 0 Å². The second-order valence-electron chi connectivity index (χ2n) is 11.0. The van der Waals surface area contributed by atoms with E-state index in [1.54, 1.807) is 18.4 Å². The summed E-state index contributed by atoms with van der Waals surface area (Å²) >= 11 is 0. The van der Waals surface area contributed by atoms with Crippen molar-refractivity contribution in [2.45, 2.75) is 40.7 Å². The van der Waals surface area contributed by atoms with Crippen LogP contribution in [0.1, 0.15) is 49.1 Å². The molecule has 5 rings (SSSR count). The van der Waals surface area contributed by atoms with Crippen LogP contribution in [0.4, 0.5) is 17.1 Å². The van der Waals surface area contributed by atoms with Crippen molar-refractivity contribution in [2.24, 2.45) is 5.73 Å². The molecular formula is C46H59N5. The van der Waals surface area contributed by atoms with Gasteiger partial charge in [-0.2, -0.15) is 0 Å². The summed E-state index contributed by atoms with van der Waals surface area (Å²) in [6, 6.07) is 36.0. The van der Waals surface area contributed by atoms with Gasteiger partial charge in [-0.1, -0.05) is 148 Å². The largest absolute Gasteiger partial charge is 0.381 e. The molecule has 0 saturated heterocycles. The molecular weight excluding hydrogens is 623 g/mol. The first-order valence-electron chi connectivity index (χ1n) is 17.3. The van der Waals surface area contributed by atoms with Gasteiger partial charge in [0.1, 0.15) is 0 Å². The molecule has 0 amide bonds. The van der Waals surface area contributed by atoms with Crippen molar-refractivity contribution in [1.82, 2.24) is 10.6 Å². The zero-order chi connectivity index (χ0) is 37.9. The SMILES string of the molecule is C=C(C)/C=C\C=C/N(c1ccc(C2=CNC(c3ccc(C)cc3)CN2)cc1)c1ccccc1C.C=CC=C.C=CNc1ccccc1.CC.CN. The lowest BCUT2D eigenvalue weighted by Gasteiger charge is -2.27. The highest BCUT2D eigenvalue weighted by Gasteiger charge is 2.16. The molecule has 51 heavy (non-hydrogen) atoms. The Labute approximate surface area is 309 Å². The fourth-order valence-electron chi connectivity index (χ4n) is 4.65. The molecule has 1 heterocycles. The van der Waals surface area contributed by atoms with Crippen molar-refractivity contribution in [1.29, 1.82) is 0 Å². The third-order valence-corrected chi connectivity index (χ3v) is 7.17. The monoisotopic (exact) mass is 681 g/mol. The predicted molar refractivity (Wildman–Crippen MR) is 228 cm³/mol. The minimum atomic E-state index is 0.276. The summed E-state index contributed by atoms with van der Waals surface area (Å²) in [6.45, 7) is 25.3. The second kappa shape index (κ2) is 26.1. The van der Waals surface area contributed by atoms with Crippen LogP contribution >= 0.6 is 0 Å². The summed E-state index contributed by atoms with van der Waals surface area (Å²) in [5.74, 6) is 0. The first-order chi connectivity index (χ1) is 24.9. The van der Waals surface area contributed by atoms with E-state index in [2.05, 4.69) is 158 Å². The molecule has 5 nitrogen and oxygen atoms in total. The van der Waals surface area contributed by atoms with Crippen LogP contribution in [0.3, 0.4) is 0 Å². The van der Waals surface area contributed by atoms with E-state index < -0.39 is 0 Å². The van der Waals surface area contributed by atoms with E-state index in [1.807, 2.05) is 63.3 Å². The van der Waals surface area contributed by atoms with Gasteiger partial charge in [-0.05, 0) is 87.1 Å². The van der Waals surface area contributed by atoms with Gasteiger partial charge in [-0.25, -0.2) is 0 Å².